The monoisotopic (exact) mass is 332 g/mol. The van der Waals surface area contributed by atoms with Gasteiger partial charge in [-0.1, -0.05) is 95.6 Å². The highest BCUT2D eigenvalue weighted by atomic mass is 14.4. The second kappa shape index (κ2) is 7.44. The fourth-order valence-electron chi connectivity index (χ4n) is 3.86. The van der Waals surface area contributed by atoms with Gasteiger partial charge in [0.05, 0.1) is 0 Å². The maximum Gasteiger partial charge on any atom is 0.0159 e. The van der Waals surface area contributed by atoms with Crippen molar-refractivity contribution in [2.75, 3.05) is 0 Å². The minimum Gasteiger partial charge on any atom is -0.0683 e. The highest BCUT2D eigenvalue weighted by Gasteiger charge is 2.36. The zero-order chi connectivity index (χ0) is 18.8. The fourth-order valence-corrected chi connectivity index (χ4v) is 3.86. The van der Waals surface area contributed by atoms with Crippen LogP contribution in [0.4, 0.5) is 0 Å². The van der Waals surface area contributed by atoms with E-state index >= 15 is 0 Å². The summed E-state index contributed by atoms with van der Waals surface area (Å²) in [7, 11) is 0. The summed E-state index contributed by atoms with van der Waals surface area (Å²) < 4.78 is 0. The molecule has 0 unspecified atom stereocenters. The Bertz CT molecular complexity index is 882. The first-order chi connectivity index (χ1) is 12.0. The van der Waals surface area contributed by atoms with E-state index in [0.29, 0.717) is 0 Å². The van der Waals surface area contributed by atoms with Crippen molar-refractivity contribution in [3.05, 3.63) is 70.8 Å². The van der Waals surface area contributed by atoms with Gasteiger partial charge >= 0.3 is 0 Å². The Labute approximate surface area is 153 Å². The summed E-state index contributed by atoms with van der Waals surface area (Å²) in [4.78, 5) is 0. The first kappa shape index (κ1) is 19.2. The predicted octanol–water partition coefficient (Wildman–Crippen LogP) is 7.82. The number of fused-ring (bicyclic) bond motifs is 5. The number of benzene rings is 3. The van der Waals surface area contributed by atoms with Crippen LogP contribution in [-0.4, -0.2) is 0 Å². The molecule has 0 spiro atoms. The Hall–Kier alpha value is -2.08. The van der Waals surface area contributed by atoms with Crippen LogP contribution < -0.4 is 0 Å². The number of rotatable bonds is 0. The van der Waals surface area contributed by atoms with Crippen molar-refractivity contribution in [3.8, 4) is 11.1 Å². The molecule has 0 radical (unpaired) electrons. The van der Waals surface area contributed by atoms with Gasteiger partial charge in [0, 0.05) is 5.41 Å². The highest BCUT2D eigenvalue weighted by molar-refractivity contribution is 6.03. The maximum atomic E-state index is 2.36. The van der Waals surface area contributed by atoms with Crippen LogP contribution in [0.2, 0.25) is 0 Å². The summed E-state index contributed by atoms with van der Waals surface area (Å²) in [5.74, 6) is 0. The van der Waals surface area contributed by atoms with Gasteiger partial charge < -0.3 is 0 Å². The van der Waals surface area contributed by atoms with Gasteiger partial charge in [-0.15, -0.1) is 0 Å². The molecule has 0 N–H and O–H groups in total. The Balaban J connectivity index is 0.000000528. The topological polar surface area (TPSA) is 0 Å². The summed E-state index contributed by atoms with van der Waals surface area (Å²) in [5.41, 5.74) is 8.57. The summed E-state index contributed by atoms with van der Waals surface area (Å²) in [5, 5.41) is 2.77. The molecule has 1 aliphatic carbocycles. The van der Waals surface area contributed by atoms with E-state index in [2.05, 4.69) is 76.2 Å². The normalized spacial score (nSPS) is 13.1. The van der Waals surface area contributed by atoms with Gasteiger partial charge in [0.1, 0.15) is 0 Å². The van der Waals surface area contributed by atoms with Crippen LogP contribution in [0.3, 0.4) is 0 Å². The molecule has 0 saturated carbocycles. The average Bonchev–Trinajstić information content (AvgIpc) is 2.86. The van der Waals surface area contributed by atoms with Crippen LogP contribution in [0.15, 0.2) is 48.5 Å². The molecule has 1 aliphatic rings. The largest absolute Gasteiger partial charge is 0.0683 e. The van der Waals surface area contributed by atoms with Crippen LogP contribution in [-0.2, 0) is 5.41 Å². The lowest BCUT2D eigenvalue weighted by Gasteiger charge is -2.22. The first-order valence-corrected chi connectivity index (χ1v) is 9.64. The van der Waals surface area contributed by atoms with E-state index < -0.39 is 0 Å². The minimum atomic E-state index is 0.0919. The first-order valence-electron chi connectivity index (χ1n) is 9.64. The van der Waals surface area contributed by atoms with Crippen LogP contribution >= 0.6 is 0 Å². The smallest absolute Gasteiger partial charge is 0.0159 e. The van der Waals surface area contributed by atoms with Crippen molar-refractivity contribution in [2.45, 2.75) is 60.8 Å². The van der Waals surface area contributed by atoms with Gasteiger partial charge in [0.25, 0.3) is 0 Å². The van der Waals surface area contributed by atoms with Crippen LogP contribution in [0.5, 0.6) is 0 Å². The lowest BCUT2D eigenvalue weighted by molar-refractivity contribution is 0.660. The van der Waals surface area contributed by atoms with Crippen LogP contribution in [0.1, 0.15) is 63.8 Å². The van der Waals surface area contributed by atoms with Gasteiger partial charge in [0.2, 0.25) is 0 Å². The van der Waals surface area contributed by atoms with Gasteiger partial charge in [-0.05, 0) is 52.4 Å². The summed E-state index contributed by atoms with van der Waals surface area (Å²) in [6.45, 7) is 17.1. The SMILES string of the molecule is CC.CC.Cc1ccc2c(c1)C(C)(C)c1ccc3c(C)cccc3c1-2. The van der Waals surface area contributed by atoms with Crippen LogP contribution in [0.25, 0.3) is 21.9 Å². The molecule has 3 aromatic carbocycles. The molecule has 0 atom stereocenters. The molecular weight excluding hydrogens is 300 g/mol. The molecule has 0 amide bonds. The number of hydrogen-bond acceptors (Lipinski definition) is 0. The van der Waals surface area contributed by atoms with E-state index in [4.69, 9.17) is 0 Å². The molecule has 0 heterocycles. The van der Waals surface area contributed by atoms with Gasteiger partial charge in [-0.2, -0.15) is 0 Å². The van der Waals surface area contributed by atoms with Gasteiger partial charge in [0.15, 0.2) is 0 Å². The van der Waals surface area contributed by atoms with E-state index in [1.54, 1.807) is 0 Å². The summed E-state index contributed by atoms with van der Waals surface area (Å²) in [6.07, 6.45) is 0. The van der Waals surface area contributed by atoms with Gasteiger partial charge in [-0.25, -0.2) is 0 Å². The van der Waals surface area contributed by atoms with Crippen LogP contribution in [0, 0.1) is 13.8 Å². The van der Waals surface area contributed by atoms with E-state index in [1.807, 2.05) is 27.7 Å². The third-order valence-corrected chi connectivity index (χ3v) is 5.07. The summed E-state index contributed by atoms with van der Waals surface area (Å²) in [6, 6.07) is 18.2. The van der Waals surface area contributed by atoms with Crippen molar-refractivity contribution in [2.24, 2.45) is 0 Å². The molecule has 0 nitrogen and oxygen atoms in total. The van der Waals surface area contributed by atoms with Gasteiger partial charge in [-0.3, -0.25) is 0 Å². The fraction of sp³-hybridized carbons (Fsp3) is 0.360. The highest BCUT2D eigenvalue weighted by Crippen LogP contribution is 2.51. The molecule has 0 aromatic heterocycles. The predicted molar refractivity (Wildman–Crippen MR) is 114 cm³/mol. The molecule has 25 heavy (non-hydrogen) atoms. The Morgan fingerprint density at radius 2 is 1.36 bits per heavy atom. The average molecular weight is 333 g/mol. The molecule has 0 aliphatic heterocycles. The Morgan fingerprint density at radius 3 is 2.04 bits per heavy atom. The number of hydrogen-bond donors (Lipinski definition) is 0. The second-order valence-electron chi connectivity index (χ2n) is 6.83. The quantitative estimate of drug-likeness (QED) is 0.393. The zero-order valence-electron chi connectivity index (χ0n) is 17.1. The van der Waals surface area contributed by atoms with Crippen molar-refractivity contribution in [3.63, 3.8) is 0 Å². The standard InChI is InChI=1S/C21H20.2C2H6/c1-13-8-9-17-19(12-13)21(3,4)18-11-10-15-14(2)6-5-7-16(15)20(17)18;2*1-2/h5-12H,1-4H3;2*1-2H3. The third-order valence-electron chi connectivity index (χ3n) is 5.07. The molecule has 0 saturated heterocycles. The molecule has 3 aromatic rings. The van der Waals surface area contributed by atoms with Crippen molar-refractivity contribution in [1.29, 1.82) is 0 Å². The third kappa shape index (κ3) is 2.99. The lowest BCUT2D eigenvalue weighted by atomic mass is 9.81. The Kier molecular flexibility index (Phi) is 5.72. The molecule has 0 bridgehead atoms. The van der Waals surface area contributed by atoms with E-state index in [-0.39, 0.29) is 5.41 Å². The van der Waals surface area contributed by atoms with E-state index in [9.17, 15) is 0 Å². The molecule has 0 fully saturated rings. The molecular formula is C25H32. The Morgan fingerprint density at radius 1 is 0.680 bits per heavy atom. The van der Waals surface area contributed by atoms with Crippen molar-refractivity contribution < 1.29 is 0 Å². The summed E-state index contributed by atoms with van der Waals surface area (Å²) >= 11 is 0. The zero-order valence-corrected chi connectivity index (χ0v) is 17.1. The maximum absolute atomic E-state index is 2.36. The molecule has 0 heteroatoms. The minimum absolute atomic E-state index is 0.0919. The lowest BCUT2D eigenvalue weighted by Crippen LogP contribution is -2.15. The van der Waals surface area contributed by atoms with Crippen molar-refractivity contribution in [1.82, 2.24) is 0 Å². The molecule has 132 valence electrons. The van der Waals surface area contributed by atoms with Crippen molar-refractivity contribution >= 4 is 10.8 Å². The van der Waals surface area contributed by atoms with E-state index in [0.717, 1.165) is 0 Å². The number of aryl methyl sites for hydroxylation is 2. The van der Waals surface area contributed by atoms with E-state index in [1.165, 1.54) is 44.2 Å². The second-order valence-corrected chi connectivity index (χ2v) is 6.83. The molecule has 4 rings (SSSR count).